The fourth-order valence-corrected chi connectivity index (χ4v) is 2.72. The molecule has 0 bridgehead atoms. The average Bonchev–Trinajstić information content (AvgIpc) is 3.11. The first-order valence-electron chi connectivity index (χ1n) is 8.35. The number of ether oxygens (including phenoxy) is 2. The number of benzene rings is 2. The summed E-state index contributed by atoms with van der Waals surface area (Å²) in [5.41, 5.74) is 2.45. The van der Waals surface area contributed by atoms with Crippen molar-refractivity contribution in [1.82, 2.24) is 5.32 Å². The zero-order valence-corrected chi connectivity index (χ0v) is 14.2. The molecule has 130 valence electrons. The third-order valence-corrected chi connectivity index (χ3v) is 3.94. The molecule has 1 aliphatic rings. The highest BCUT2D eigenvalue weighted by atomic mass is 16.5. The van der Waals surface area contributed by atoms with Crippen LogP contribution >= 0.6 is 0 Å². The van der Waals surface area contributed by atoms with Crippen LogP contribution in [0.15, 0.2) is 60.7 Å². The van der Waals surface area contributed by atoms with E-state index in [0.29, 0.717) is 19.3 Å². The van der Waals surface area contributed by atoms with E-state index in [0.717, 1.165) is 26.7 Å². The van der Waals surface area contributed by atoms with Gasteiger partial charge in [0.15, 0.2) is 0 Å². The summed E-state index contributed by atoms with van der Waals surface area (Å²) >= 11 is 0. The Hall–Kier alpha value is -1.72. The van der Waals surface area contributed by atoms with Crippen LogP contribution in [0.4, 0.5) is 0 Å². The molecule has 0 amide bonds. The number of hydrogen-bond acceptors (Lipinski definition) is 4. The largest absolute Gasteiger partial charge is 0.400 e. The lowest BCUT2D eigenvalue weighted by molar-refractivity contribution is 0.0472. The van der Waals surface area contributed by atoms with Crippen molar-refractivity contribution in [2.45, 2.75) is 31.8 Å². The van der Waals surface area contributed by atoms with Crippen molar-refractivity contribution < 1.29 is 14.6 Å². The van der Waals surface area contributed by atoms with Crippen LogP contribution in [0, 0.1) is 0 Å². The first-order valence-corrected chi connectivity index (χ1v) is 8.35. The van der Waals surface area contributed by atoms with Crippen LogP contribution in [-0.2, 0) is 22.7 Å². The third-order valence-electron chi connectivity index (χ3n) is 3.94. The van der Waals surface area contributed by atoms with Crippen LogP contribution in [0.5, 0.6) is 0 Å². The van der Waals surface area contributed by atoms with Crippen molar-refractivity contribution in [3.8, 4) is 0 Å². The smallest absolute Gasteiger partial charge is 0.0721 e. The molecule has 2 unspecified atom stereocenters. The molecule has 2 aromatic rings. The van der Waals surface area contributed by atoms with Gasteiger partial charge in [-0.15, -0.1) is 0 Å². The predicted molar refractivity (Wildman–Crippen MR) is 95.7 cm³/mol. The van der Waals surface area contributed by atoms with Crippen LogP contribution in [0.2, 0.25) is 0 Å². The Bertz CT molecular complexity index is 547. The molecule has 1 heterocycles. The molecule has 24 heavy (non-hydrogen) atoms. The molecule has 0 radical (unpaired) electrons. The van der Waals surface area contributed by atoms with E-state index in [1.807, 2.05) is 36.4 Å². The van der Waals surface area contributed by atoms with Gasteiger partial charge in [0, 0.05) is 19.7 Å². The molecule has 0 aromatic heterocycles. The molecule has 4 heteroatoms. The van der Waals surface area contributed by atoms with E-state index in [2.05, 4.69) is 29.6 Å². The van der Waals surface area contributed by atoms with Gasteiger partial charge in [-0.25, -0.2) is 0 Å². The Balaban J connectivity index is 0.00000100. The number of rotatable bonds is 7. The molecule has 1 aliphatic heterocycles. The summed E-state index contributed by atoms with van der Waals surface area (Å²) in [6, 6.07) is 21.0. The zero-order chi connectivity index (χ0) is 17.0. The van der Waals surface area contributed by atoms with Crippen molar-refractivity contribution in [3.63, 3.8) is 0 Å². The highest BCUT2D eigenvalue weighted by Gasteiger charge is 2.24. The number of aliphatic hydroxyl groups is 1. The van der Waals surface area contributed by atoms with Gasteiger partial charge < -0.3 is 19.9 Å². The predicted octanol–water partition coefficient (Wildman–Crippen LogP) is 2.76. The van der Waals surface area contributed by atoms with Crippen molar-refractivity contribution in [1.29, 1.82) is 0 Å². The van der Waals surface area contributed by atoms with Gasteiger partial charge in [-0.3, -0.25) is 0 Å². The highest BCUT2D eigenvalue weighted by Crippen LogP contribution is 2.14. The lowest BCUT2D eigenvalue weighted by atomic mass is 10.2. The first kappa shape index (κ1) is 18.6. The van der Waals surface area contributed by atoms with Crippen molar-refractivity contribution in [2.75, 3.05) is 20.3 Å². The van der Waals surface area contributed by atoms with Crippen LogP contribution in [0.1, 0.15) is 17.5 Å². The SMILES string of the molecule is CO.c1ccc(COCC2CC(OCc3ccccc3)CN2)cc1. The molecule has 3 rings (SSSR count). The van der Waals surface area contributed by atoms with Crippen LogP contribution in [0.25, 0.3) is 0 Å². The maximum atomic E-state index is 7.00. The fraction of sp³-hybridized carbons (Fsp3) is 0.400. The van der Waals surface area contributed by atoms with E-state index in [1.165, 1.54) is 11.1 Å². The minimum absolute atomic E-state index is 0.283. The Morgan fingerprint density at radius 1 is 0.917 bits per heavy atom. The normalized spacial score (nSPS) is 19.6. The summed E-state index contributed by atoms with van der Waals surface area (Å²) in [5.74, 6) is 0. The summed E-state index contributed by atoms with van der Waals surface area (Å²) < 4.78 is 11.8. The number of aliphatic hydroxyl groups excluding tert-OH is 1. The summed E-state index contributed by atoms with van der Waals surface area (Å²) in [4.78, 5) is 0. The quantitative estimate of drug-likeness (QED) is 0.820. The minimum atomic E-state index is 0.283. The van der Waals surface area contributed by atoms with E-state index in [9.17, 15) is 0 Å². The molecular formula is C20H27NO3. The second kappa shape index (κ2) is 10.9. The number of hydrogen-bond donors (Lipinski definition) is 2. The van der Waals surface area contributed by atoms with E-state index in [1.54, 1.807) is 0 Å². The second-order valence-corrected chi connectivity index (χ2v) is 5.76. The van der Waals surface area contributed by atoms with E-state index in [-0.39, 0.29) is 6.10 Å². The van der Waals surface area contributed by atoms with E-state index >= 15 is 0 Å². The van der Waals surface area contributed by atoms with Crippen LogP contribution in [-0.4, -0.2) is 37.5 Å². The Morgan fingerprint density at radius 2 is 1.50 bits per heavy atom. The highest BCUT2D eigenvalue weighted by molar-refractivity contribution is 5.14. The molecule has 0 spiro atoms. The summed E-state index contributed by atoms with van der Waals surface area (Å²) in [5, 5.41) is 10.5. The molecule has 2 atom stereocenters. The Kier molecular flexibility index (Phi) is 8.49. The van der Waals surface area contributed by atoms with Gasteiger partial charge in [-0.2, -0.15) is 0 Å². The molecule has 2 N–H and O–H groups in total. The van der Waals surface area contributed by atoms with Crippen molar-refractivity contribution >= 4 is 0 Å². The Morgan fingerprint density at radius 3 is 2.12 bits per heavy atom. The zero-order valence-electron chi connectivity index (χ0n) is 14.2. The second-order valence-electron chi connectivity index (χ2n) is 5.76. The third kappa shape index (κ3) is 6.42. The lowest BCUT2D eigenvalue weighted by Crippen LogP contribution is -2.26. The fourth-order valence-electron chi connectivity index (χ4n) is 2.72. The standard InChI is InChI=1S/C19H23NO2.CH4O/c1-3-7-16(8-4-1)13-21-15-18-11-19(12-20-18)22-14-17-9-5-2-6-10-17;1-2/h1-10,18-20H,11-15H2;2H,1H3. The molecule has 0 aliphatic carbocycles. The molecule has 1 fully saturated rings. The van der Waals surface area contributed by atoms with Crippen LogP contribution < -0.4 is 5.32 Å². The van der Waals surface area contributed by atoms with Gasteiger partial charge in [0.05, 0.1) is 25.9 Å². The van der Waals surface area contributed by atoms with Gasteiger partial charge >= 0.3 is 0 Å². The molecule has 2 aromatic carbocycles. The van der Waals surface area contributed by atoms with Crippen molar-refractivity contribution in [2.24, 2.45) is 0 Å². The molecule has 4 nitrogen and oxygen atoms in total. The van der Waals surface area contributed by atoms with Crippen molar-refractivity contribution in [3.05, 3.63) is 71.8 Å². The molecular weight excluding hydrogens is 302 g/mol. The van der Waals surface area contributed by atoms with Gasteiger partial charge in [-0.05, 0) is 17.5 Å². The van der Waals surface area contributed by atoms with Gasteiger partial charge in [0.1, 0.15) is 0 Å². The van der Waals surface area contributed by atoms with Crippen LogP contribution in [0.3, 0.4) is 0 Å². The lowest BCUT2D eigenvalue weighted by Gasteiger charge is -2.12. The maximum Gasteiger partial charge on any atom is 0.0721 e. The van der Waals surface area contributed by atoms with Gasteiger partial charge in [-0.1, -0.05) is 60.7 Å². The topological polar surface area (TPSA) is 50.7 Å². The molecule has 0 saturated carbocycles. The summed E-state index contributed by atoms with van der Waals surface area (Å²) in [6.45, 7) is 3.01. The summed E-state index contributed by atoms with van der Waals surface area (Å²) in [6.07, 6.45) is 1.30. The van der Waals surface area contributed by atoms with E-state index in [4.69, 9.17) is 14.6 Å². The van der Waals surface area contributed by atoms with Gasteiger partial charge in [0.25, 0.3) is 0 Å². The maximum absolute atomic E-state index is 7.00. The summed E-state index contributed by atoms with van der Waals surface area (Å²) in [7, 11) is 1.00. The Labute approximate surface area is 144 Å². The first-order chi connectivity index (χ1) is 11.9. The minimum Gasteiger partial charge on any atom is -0.400 e. The molecule has 1 saturated heterocycles. The number of nitrogens with one attached hydrogen (secondary N) is 1. The van der Waals surface area contributed by atoms with Gasteiger partial charge in [0.2, 0.25) is 0 Å². The van der Waals surface area contributed by atoms with E-state index < -0.39 is 0 Å². The monoisotopic (exact) mass is 329 g/mol. The average molecular weight is 329 g/mol.